The molecule has 0 amide bonds. The third-order valence-corrected chi connectivity index (χ3v) is 4.39. The molecule has 1 aromatic carbocycles. The summed E-state index contributed by atoms with van der Waals surface area (Å²) in [5, 5.41) is 4.36. The molecule has 0 aliphatic carbocycles. The van der Waals surface area contributed by atoms with E-state index in [-0.39, 0.29) is 0 Å². The Morgan fingerprint density at radius 2 is 2.00 bits per heavy atom. The van der Waals surface area contributed by atoms with E-state index in [0.717, 1.165) is 34.4 Å². The maximum Gasteiger partial charge on any atom is 0.138 e. The highest BCUT2D eigenvalue weighted by molar-refractivity contribution is 9.10. The molecule has 2 rings (SSSR count). The molecular formula is C14H14BrCl2N3. The first-order valence-electron chi connectivity index (χ1n) is 6.26. The van der Waals surface area contributed by atoms with Crippen LogP contribution in [0.3, 0.4) is 0 Å². The molecule has 0 fully saturated rings. The van der Waals surface area contributed by atoms with Gasteiger partial charge in [0.05, 0.1) is 5.02 Å². The molecule has 0 aliphatic heterocycles. The van der Waals surface area contributed by atoms with Crippen molar-refractivity contribution in [2.24, 2.45) is 0 Å². The van der Waals surface area contributed by atoms with E-state index in [9.17, 15) is 0 Å². The van der Waals surface area contributed by atoms with Crippen LogP contribution < -0.4 is 5.32 Å². The fraction of sp³-hybridized carbons (Fsp3) is 0.286. The van der Waals surface area contributed by atoms with Crippen molar-refractivity contribution in [3.63, 3.8) is 0 Å². The van der Waals surface area contributed by atoms with E-state index in [1.807, 2.05) is 25.1 Å². The van der Waals surface area contributed by atoms with Crippen molar-refractivity contribution in [1.29, 1.82) is 0 Å². The molecule has 2 aromatic rings. The Balaban J connectivity index is 2.34. The standard InChI is InChI=1S/C14H14BrCl2N3/c1-3-4-12-19-13(17)8(2)14(20-12)18-9-5-6-10(15)11(16)7-9/h5-7H,3-4H2,1-2H3,(H,18,19,20). The van der Waals surface area contributed by atoms with Crippen LogP contribution in [-0.2, 0) is 6.42 Å². The summed E-state index contributed by atoms with van der Waals surface area (Å²) in [4.78, 5) is 8.79. The number of benzene rings is 1. The molecule has 0 unspecified atom stereocenters. The van der Waals surface area contributed by atoms with Gasteiger partial charge < -0.3 is 5.32 Å². The first-order chi connectivity index (χ1) is 9.51. The van der Waals surface area contributed by atoms with Crippen LogP contribution in [0.2, 0.25) is 10.2 Å². The molecule has 0 spiro atoms. The van der Waals surface area contributed by atoms with Gasteiger partial charge in [-0.3, -0.25) is 0 Å². The summed E-state index contributed by atoms with van der Waals surface area (Å²) in [5.41, 5.74) is 1.68. The van der Waals surface area contributed by atoms with Gasteiger partial charge in [-0.05, 0) is 47.5 Å². The van der Waals surface area contributed by atoms with Crippen LogP contribution in [0.1, 0.15) is 24.7 Å². The van der Waals surface area contributed by atoms with Gasteiger partial charge in [-0.15, -0.1) is 0 Å². The highest BCUT2D eigenvalue weighted by atomic mass is 79.9. The number of aromatic nitrogens is 2. The molecule has 6 heteroatoms. The van der Waals surface area contributed by atoms with Gasteiger partial charge in [0, 0.05) is 22.1 Å². The summed E-state index contributed by atoms with van der Waals surface area (Å²) < 4.78 is 0.855. The zero-order valence-corrected chi connectivity index (χ0v) is 14.3. The van der Waals surface area contributed by atoms with Gasteiger partial charge in [-0.2, -0.15) is 0 Å². The first-order valence-corrected chi connectivity index (χ1v) is 7.81. The third-order valence-electron chi connectivity index (χ3n) is 2.79. The third kappa shape index (κ3) is 3.62. The zero-order valence-electron chi connectivity index (χ0n) is 11.2. The molecule has 1 heterocycles. The van der Waals surface area contributed by atoms with Gasteiger partial charge in [0.2, 0.25) is 0 Å². The number of nitrogens with zero attached hydrogens (tertiary/aromatic N) is 2. The van der Waals surface area contributed by atoms with Crippen LogP contribution in [0.5, 0.6) is 0 Å². The quantitative estimate of drug-likeness (QED) is 0.712. The van der Waals surface area contributed by atoms with E-state index in [1.165, 1.54) is 0 Å². The van der Waals surface area contributed by atoms with Crippen molar-refractivity contribution in [1.82, 2.24) is 9.97 Å². The highest BCUT2D eigenvalue weighted by Crippen LogP contribution is 2.29. The number of halogens is 3. The van der Waals surface area contributed by atoms with Crippen molar-refractivity contribution in [2.75, 3.05) is 5.32 Å². The predicted octanol–water partition coefficient (Wildman–Crippen LogP) is 5.55. The van der Waals surface area contributed by atoms with E-state index in [0.29, 0.717) is 16.0 Å². The molecule has 20 heavy (non-hydrogen) atoms. The minimum Gasteiger partial charge on any atom is -0.340 e. The van der Waals surface area contributed by atoms with E-state index in [2.05, 4.69) is 38.1 Å². The van der Waals surface area contributed by atoms with Gasteiger partial charge >= 0.3 is 0 Å². The summed E-state index contributed by atoms with van der Waals surface area (Å²) in [6, 6.07) is 5.64. The van der Waals surface area contributed by atoms with E-state index in [1.54, 1.807) is 0 Å². The molecule has 0 radical (unpaired) electrons. The SMILES string of the molecule is CCCc1nc(Cl)c(C)c(Nc2ccc(Br)c(Cl)c2)n1. The average molecular weight is 375 g/mol. The topological polar surface area (TPSA) is 37.8 Å². The summed E-state index contributed by atoms with van der Waals surface area (Å²) >= 11 is 15.6. The summed E-state index contributed by atoms with van der Waals surface area (Å²) in [7, 11) is 0. The van der Waals surface area contributed by atoms with Gasteiger partial charge in [-0.1, -0.05) is 30.1 Å². The molecule has 106 valence electrons. The number of nitrogens with one attached hydrogen (secondary N) is 1. The van der Waals surface area contributed by atoms with Crippen molar-refractivity contribution in [3.05, 3.63) is 44.2 Å². The Labute approximate surface area is 136 Å². The van der Waals surface area contributed by atoms with Crippen molar-refractivity contribution in [3.8, 4) is 0 Å². The second kappa shape index (κ2) is 6.74. The number of rotatable bonds is 4. The van der Waals surface area contributed by atoms with Crippen molar-refractivity contribution >= 4 is 50.6 Å². The minimum atomic E-state index is 0.481. The second-order valence-electron chi connectivity index (χ2n) is 4.41. The second-order valence-corrected chi connectivity index (χ2v) is 6.03. The highest BCUT2D eigenvalue weighted by Gasteiger charge is 2.10. The van der Waals surface area contributed by atoms with Crippen LogP contribution in [0.4, 0.5) is 11.5 Å². The fourth-order valence-corrected chi connectivity index (χ4v) is 2.31. The lowest BCUT2D eigenvalue weighted by Gasteiger charge is -2.12. The van der Waals surface area contributed by atoms with Crippen LogP contribution in [-0.4, -0.2) is 9.97 Å². The minimum absolute atomic E-state index is 0.481. The Kier molecular flexibility index (Phi) is 5.24. The van der Waals surface area contributed by atoms with Gasteiger partial charge in [0.1, 0.15) is 16.8 Å². The van der Waals surface area contributed by atoms with Crippen molar-refractivity contribution < 1.29 is 0 Å². The Morgan fingerprint density at radius 1 is 1.25 bits per heavy atom. The van der Waals surface area contributed by atoms with Gasteiger partial charge in [0.15, 0.2) is 0 Å². The summed E-state index contributed by atoms with van der Waals surface area (Å²) in [6.07, 6.45) is 1.78. The summed E-state index contributed by atoms with van der Waals surface area (Å²) in [6.45, 7) is 3.97. The molecule has 1 N–H and O–H groups in total. The molecule has 0 bridgehead atoms. The maximum absolute atomic E-state index is 6.15. The van der Waals surface area contributed by atoms with E-state index < -0.39 is 0 Å². The first kappa shape index (κ1) is 15.5. The van der Waals surface area contributed by atoms with Gasteiger partial charge in [0.25, 0.3) is 0 Å². The molecule has 0 saturated heterocycles. The van der Waals surface area contributed by atoms with Crippen LogP contribution in [0, 0.1) is 6.92 Å². The molecule has 0 atom stereocenters. The molecule has 1 aromatic heterocycles. The average Bonchev–Trinajstić information content (AvgIpc) is 2.40. The number of hydrogen-bond acceptors (Lipinski definition) is 3. The van der Waals surface area contributed by atoms with Crippen LogP contribution in [0.15, 0.2) is 22.7 Å². The predicted molar refractivity (Wildman–Crippen MR) is 88.2 cm³/mol. The number of aryl methyl sites for hydroxylation is 1. The van der Waals surface area contributed by atoms with Crippen LogP contribution in [0.25, 0.3) is 0 Å². The molecule has 0 aliphatic rings. The summed E-state index contributed by atoms with van der Waals surface area (Å²) in [5.74, 6) is 1.46. The van der Waals surface area contributed by atoms with Crippen molar-refractivity contribution in [2.45, 2.75) is 26.7 Å². The zero-order chi connectivity index (χ0) is 14.7. The largest absolute Gasteiger partial charge is 0.340 e. The fourth-order valence-electron chi connectivity index (χ4n) is 1.70. The monoisotopic (exact) mass is 373 g/mol. The Morgan fingerprint density at radius 3 is 2.65 bits per heavy atom. The van der Waals surface area contributed by atoms with Gasteiger partial charge in [-0.25, -0.2) is 9.97 Å². The Bertz CT molecular complexity index is 632. The number of hydrogen-bond donors (Lipinski definition) is 1. The maximum atomic E-state index is 6.15. The van der Waals surface area contributed by atoms with Crippen LogP contribution >= 0.6 is 39.1 Å². The lowest BCUT2D eigenvalue weighted by Crippen LogP contribution is -2.03. The van der Waals surface area contributed by atoms with E-state index in [4.69, 9.17) is 23.2 Å². The lowest BCUT2D eigenvalue weighted by atomic mass is 10.2. The normalized spacial score (nSPS) is 10.7. The number of anilines is 2. The molecule has 0 saturated carbocycles. The lowest BCUT2D eigenvalue weighted by molar-refractivity contribution is 0.833. The molecule has 3 nitrogen and oxygen atoms in total. The van der Waals surface area contributed by atoms with E-state index >= 15 is 0 Å². The molecular weight excluding hydrogens is 361 g/mol. The Hall–Kier alpha value is -0.840. The smallest absolute Gasteiger partial charge is 0.138 e.